The largest absolute Gasteiger partial charge is 0.346 e. The molecule has 0 spiro atoms. The summed E-state index contributed by atoms with van der Waals surface area (Å²) in [5, 5.41) is 9.85. The van der Waals surface area contributed by atoms with Crippen molar-refractivity contribution in [3.63, 3.8) is 0 Å². The third kappa shape index (κ3) is 3.14. The number of thioether (sulfide) groups is 2. The normalized spacial score (nSPS) is 43.6. The van der Waals surface area contributed by atoms with Crippen molar-refractivity contribution in [2.75, 3.05) is 68.9 Å². The molecular weight excluding hydrogens is 390 g/mol. The van der Waals surface area contributed by atoms with Crippen molar-refractivity contribution >= 4 is 35.5 Å². The lowest BCUT2D eigenvalue weighted by atomic mass is 9.98. The van der Waals surface area contributed by atoms with Crippen LogP contribution in [0.1, 0.15) is 6.42 Å². The fraction of sp³-hybridized carbons (Fsp3) is 1.00. The lowest BCUT2D eigenvalue weighted by Crippen LogP contribution is -2.74. The third-order valence-electron chi connectivity index (χ3n) is 5.87. The third-order valence-corrected chi connectivity index (χ3v) is 9.35. The van der Waals surface area contributed by atoms with Gasteiger partial charge in [0.05, 0.1) is 24.6 Å². The first-order valence-corrected chi connectivity index (χ1v) is 12.9. The Balaban J connectivity index is 1.54. The minimum absolute atomic E-state index is 0.150. The van der Waals surface area contributed by atoms with Crippen LogP contribution in [0.5, 0.6) is 0 Å². The van der Waals surface area contributed by atoms with Crippen LogP contribution in [0.25, 0.3) is 0 Å². The number of hydroxylamine groups is 2. The summed E-state index contributed by atoms with van der Waals surface area (Å²) in [6.07, 6.45) is 1.10. The number of nitrogens with zero attached hydrogens (tertiary/aromatic N) is 3. The van der Waals surface area contributed by atoms with E-state index in [9.17, 15) is 0 Å². The fourth-order valence-electron chi connectivity index (χ4n) is 4.73. The fourth-order valence-corrected chi connectivity index (χ4v) is 8.32. The molecule has 5 aliphatic rings. The summed E-state index contributed by atoms with van der Waals surface area (Å²) in [7, 11) is 0. The molecule has 5 heterocycles. The van der Waals surface area contributed by atoms with Crippen molar-refractivity contribution in [2.45, 2.75) is 29.9 Å². The van der Waals surface area contributed by atoms with Gasteiger partial charge in [-0.05, 0) is 6.42 Å². The van der Waals surface area contributed by atoms with Crippen LogP contribution in [0.3, 0.4) is 0 Å². The lowest BCUT2D eigenvalue weighted by molar-refractivity contribution is -0.276. The monoisotopic (exact) mass is 419 g/mol. The van der Waals surface area contributed by atoms with Crippen LogP contribution >= 0.6 is 35.5 Å². The molecule has 5 saturated heterocycles. The topological polar surface area (TPSA) is 52.2 Å². The number of hydrogen-bond donors (Lipinski definition) is 2. The van der Waals surface area contributed by atoms with Gasteiger partial charge in [0.25, 0.3) is 0 Å². The predicted octanol–water partition coefficient (Wildman–Crippen LogP) is 0.267. The van der Waals surface area contributed by atoms with Gasteiger partial charge in [-0.2, -0.15) is 11.8 Å². The molecule has 0 aromatic carbocycles. The maximum Gasteiger partial charge on any atom is 0.190 e. The second-order valence-electron chi connectivity index (χ2n) is 7.24. The van der Waals surface area contributed by atoms with E-state index in [-0.39, 0.29) is 12.0 Å². The molecule has 0 aromatic heterocycles. The zero-order valence-corrected chi connectivity index (χ0v) is 17.5. The van der Waals surface area contributed by atoms with Crippen LogP contribution in [-0.4, -0.2) is 107 Å². The van der Waals surface area contributed by atoms with Crippen LogP contribution in [0, 0.1) is 0 Å². The van der Waals surface area contributed by atoms with Crippen molar-refractivity contribution < 1.29 is 9.57 Å². The minimum atomic E-state index is -0.202. The molecule has 0 aliphatic carbocycles. The molecule has 7 nitrogen and oxygen atoms in total. The Hall–Kier alpha value is 0.770. The van der Waals surface area contributed by atoms with Crippen molar-refractivity contribution in [3.8, 4) is 0 Å². The highest BCUT2D eigenvalue weighted by molar-refractivity contribution is 8.00. The van der Waals surface area contributed by atoms with Crippen LogP contribution in [0.4, 0.5) is 0 Å². The van der Waals surface area contributed by atoms with Gasteiger partial charge in [-0.25, -0.2) is 4.31 Å². The van der Waals surface area contributed by atoms with Gasteiger partial charge in [0.1, 0.15) is 0 Å². The molecule has 0 bridgehead atoms. The Morgan fingerprint density at radius 1 is 1.00 bits per heavy atom. The second kappa shape index (κ2) is 8.25. The van der Waals surface area contributed by atoms with E-state index >= 15 is 0 Å². The molecule has 0 amide bonds. The van der Waals surface area contributed by atoms with Crippen molar-refractivity contribution in [1.29, 1.82) is 0 Å². The Kier molecular flexibility index (Phi) is 5.96. The molecule has 5 fully saturated rings. The van der Waals surface area contributed by atoms with Gasteiger partial charge in [-0.15, -0.1) is 16.8 Å². The highest BCUT2D eigenvalue weighted by Gasteiger charge is 2.64. The molecule has 4 atom stereocenters. The molecule has 2 N–H and O–H groups in total. The summed E-state index contributed by atoms with van der Waals surface area (Å²) in [5.74, 6) is 4.82. The Labute approximate surface area is 168 Å². The van der Waals surface area contributed by atoms with Gasteiger partial charge in [0, 0.05) is 55.7 Å². The highest BCUT2D eigenvalue weighted by Crippen LogP contribution is 2.48. The summed E-state index contributed by atoms with van der Waals surface area (Å²) in [5.41, 5.74) is -0.202. The van der Waals surface area contributed by atoms with Crippen LogP contribution in [0.15, 0.2) is 0 Å². The van der Waals surface area contributed by atoms with Crippen LogP contribution in [-0.2, 0) is 9.57 Å². The number of ether oxygens (including phenoxy) is 1. The maximum atomic E-state index is 6.43. The molecule has 0 radical (unpaired) electrons. The second-order valence-corrected chi connectivity index (χ2v) is 10.8. The molecule has 5 rings (SSSR count). The summed E-state index contributed by atoms with van der Waals surface area (Å²) >= 11 is 6.13. The van der Waals surface area contributed by atoms with E-state index in [1.165, 1.54) is 29.4 Å². The molecule has 148 valence electrons. The molecular formula is C16H29N5O2S3. The molecule has 5 aliphatic heterocycles. The van der Waals surface area contributed by atoms with Gasteiger partial charge in [0.2, 0.25) is 0 Å². The van der Waals surface area contributed by atoms with Crippen molar-refractivity contribution in [2.24, 2.45) is 0 Å². The van der Waals surface area contributed by atoms with Gasteiger partial charge >= 0.3 is 0 Å². The molecule has 4 unspecified atom stereocenters. The Bertz CT molecular complexity index is 465. The smallest absolute Gasteiger partial charge is 0.190 e. The number of rotatable bonds is 4. The van der Waals surface area contributed by atoms with E-state index in [1.807, 2.05) is 11.9 Å². The highest BCUT2D eigenvalue weighted by atomic mass is 32.2. The quantitative estimate of drug-likeness (QED) is 0.621. The Morgan fingerprint density at radius 3 is 2.62 bits per heavy atom. The molecule has 26 heavy (non-hydrogen) atoms. The minimum Gasteiger partial charge on any atom is -0.346 e. The van der Waals surface area contributed by atoms with Crippen LogP contribution in [0.2, 0.25) is 0 Å². The van der Waals surface area contributed by atoms with E-state index < -0.39 is 0 Å². The first-order valence-electron chi connectivity index (χ1n) is 9.75. The van der Waals surface area contributed by atoms with Gasteiger partial charge in [0.15, 0.2) is 12.0 Å². The zero-order chi connectivity index (χ0) is 17.4. The van der Waals surface area contributed by atoms with Gasteiger partial charge in [-0.1, -0.05) is 11.9 Å². The summed E-state index contributed by atoms with van der Waals surface area (Å²) < 4.78 is 8.67. The van der Waals surface area contributed by atoms with E-state index in [4.69, 9.17) is 9.57 Å². The standard InChI is InChI=1S/C16H29N5O2S3/c1-4-20(26-8-1)16(14-17-3-9-25-14)13(19-5-10-24-11-6-19)12-23-21(16)15-18-2-7-22-15/h13-15,17-18H,1-12H2. The molecule has 0 aromatic rings. The SMILES string of the molecule is C1CSN(C2(C3NCCS3)C(N3CCSCC3)CON2C2NCCO2)C1. The number of hydrogen-bond acceptors (Lipinski definition) is 10. The Morgan fingerprint density at radius 2 is 1.92 bits per heavy atom. The summed E-state index contributed by atoms with van der Waals surface area (Å²) in [4.78, 5) is 9.12. The van der Waals surface area contributed by atoms with E-state index in [0.717, 1.165) is 45.9 Å². The average Bonchev–Trinajstić information content (AvgIpc) is 3.49. The molecule has 10 heteroatoms. The first kappa shape index (κ1) is 18.8. The maximum absolute atomic E-state index is 6.43. The van der Waals surface area contributed by atoms with Crippen molar-refractivity contribution in [3.05, 3.63) is 0 Å². The van der Waals surface area contributed by atoms with Crippen LogP contribution < -0.4 is 10.6 Å². The lowest BCUT2D eigenvalue weighted by Gasteiger charge is -2.52. The molecule has 0 saturated carbocycles. The number of nitrogens with one attached hydrogen (secondary N) is 2. The van der Waals surface area contributed by atoms with E-state index in [0.29, 0.717) is 11.4 Å². The van der Waals surface area contributed by atoms with Crippen molar-refractivity contribution in [1.82, 2.24) is 24.9 Å². The first-order chi connectivity index (χ1) is 12.9. The van der Waals surface area contributed by atoms with E-state index in [1.54, 1.807) is 0 Å². The van der Waals surface area contributed by atoms with Gasteiger partial charge in [-0.3, -0.25) is 15.1 Å². The summed E-state index contributed by atoms with van der Waals surface area (Å²) in [6, 6.07) is 0.364. The summed E-state index contributed by atoms with van der Waals surface area (Å²) in [6.45, 7) is 6.91. The zero-order valence-electron chi connectivity index (χ0n) is 15.1. The average molecular weight is 420 g/mol. The predicted molar refractivity (Wildman–Crippen MR) is 109 cm³/mol. The van der Waals surface area contributed by atoms with Gasteiger partial charge < -0.3 is 10.1 Å². The van der Waals surface area contributed by atoms with E-state index in [2.05, 4.69) is 48.4 Å².